The molecular formula is C23H39Cl2FN2O. The molecule has 2 aliphatic heterocycles. The Morgan fingerprint density at radius 2 is 1.86 bits per heavy atom. The minimum atomic E-state index is -0.208. The molecule has 3 rings (SSSR count). The molecule has 1 aromatic rings. The highest BCUT2D eigenvalue weighted by Gasteiger charge is 2.31. The number of benzene rings is 1. The normalized spacial score (nSPS) is 21.7. The topological polar surface area (TPSA) is 24.5 Å². The van der Waals surface area contributed by atoms with Gasteiger partial charge in [0, 0.05) is 6.04 Å². The van der Waals surface area contributed by atoms with Gasteiger partial charge in [-0.15, -0.1) is 24.8 Å². The molecule has 0 spiro atoms. The third-order valence-electron chi connectivity index (χ3n) is 6.46. The van der Waals surface area contributed by atoms with Crippen molar-refractivity contribution in [3.05, 3.63) is 30.1 Å². The van der Waals surface area contributed by atoms with Crippen molar-refractivity contribution < 1.29 is 9.13 Å². The predicted octanol–water partition coefficient (Wildman–Crippen LogP) is 5.71. The molecule has 0 amide bonds. The molecule has 0 saturated carbocycles. The van der Waals surface area contributed by atoms with E-state index in [0.29, 0.717) is 0 Å². The number of likely N-dealkylation sites (tertiary alicyclic amines) is 1. The summed E-state index contributed by atoms with van der Waals surface area (Å²) in [6, 6.07) is 7.13. The molecule has 1 aromatic carbocycles. The molecule has 2 atom stereocenters. The Labute approximate surface area is 189 Å². The van der Waals surface area contributed by atoms with Crippen molar-refractivity contribution in [2.45, 2.75) is 64.3 Å². The van der Waals surface area contributed by atoms with Crippen LogP contribution in [0.2, 0.25) is 0 Å². The van der Waals surface area contributed by atoms with E-state index >= 15 is 0 Å². The lowest BCUT2D eigenvalue weighted by atomic mass is 9.85. The summed E-state index contributed by atoms with van der Waals surface area (Å²) in [6.45, 7) is 7.94. The van der Waals surface area contributed by atoms with Crippen molar-refractivity contribution in [1.82, 2.24) is 10.2 Å². The lowest BCUT2D eigenvalue weighted by molar-refractivity contribution is 0.0716. The van der Waals surface area contributed by atoms with Crippen molar-refractivity contribution in [1.29, 1.82) is 0 Å². The molecule has 0 aromatic heterocycles. The zero-order valence-electron chi connectivity index (χ0n) is 17.8. The van der Waals surface area contributed by atoms with E-state index in [-0.39, 0.29) is 30.6 Å². The first-order valence-electron chi connectivity index (χ1n) is 11.1. The largest absolute Gasteiger partial charge is 0.494 e. The Hall–Kier alpha value is -0.550. The predicted molar refractivity (Wildman–Crippen MR) is 124 cm³/mol. The highest BCUT2D eigenvalue weighted by molar-refractivity contribution is 5.85. The van der Waals surface area contributed by atoms with Gasteiger partial charge in [0.2, 0.25) is 0 Å². The monoisotopic (exact) mass is 448 g/mol. The zero-order chi connectivity index (χ0) is 18.9. The van der Waals surface area contributed by atoms with Crippen LogP contribution in [0.15, 0.2) is 24.3 Å². The van der Waals surface area contributed by atoms with Crippen LogP contribution in [0.5, 0.6) is 5.75 Å². The second-order valence-electron chi connectivity index (χ2n) is 8.39. The van der Waals surface area contributed by atoms with Gasteiger partial charge in [0.05, 0.1) is 6.61 Å². The van der Waals surface area contributed by atoms with Gasteiger partial charge in [0.1, 0.15) is 11.6 Å². The molecular weight excluding hydrogens is 410 g/mol. The first-order chi connectivity index (χ1) is 13.3. The number of halogens is 3. The van der Waals surface area contributed by atoms with Crippen LogP contribution in [0.25, 0.3) is 0 Å². The Morgan fingerprint density at radius 3 is 2.48 bits per heavy atom. The van der Waals surface area contributed by atoms with E-state index in [1.165, 1.54) is 83.3 Å². The fourth-order valence-corrected chi connectivity index (χ4v) is 4.78. The summed E-state index contributed by atoms with van der Waals surface area (Å²) in [5.74, 6) is 2.17. The summed E-state index contributed by atoms with van der Waals surface area (Å²) in [7, 11) is 0. The van der Waals surface area contributed by atoms with Gasteiger partial charge >= 0.3 is 0 Å². The van der Waals surface area contributed by atoms with Crippen molar-refractivity contribution in [2.75, 3.05) is 32.8 Å². The number of hydrogen-bond acceptors (Lipinski definition) is 3. The number of piperidine rings is 2. The van der Waals surface area contributed by atoms with Crippen LogP contribution in [-0.4, -0.2) is 43.7 Å². The van der Waals surface area contributed by atoms with Gasteiger partial charge < -0.3 is 15.0 Å². The van der Waals surface area contributed by atoms with E-state index in [9.17, 15) is 4.39 Å². The second-order valence-corrected chi connectivity index (χ2v) is 8.39. The fourth-order valence-electron chi connectivity index (χ4n) is 4.78. The molecule has 2 unspecified atom stereocenters. The number of ether oxygens (including phenoxy) is 1. The smallest absolute Gasteiger partial charge is 0.123 e. The lowest BCUT2D eigenvalue weighted by Gasteiger charge is -2.42. The van der Waals surface area contributed by atoms with Gasteiger partial charge in [0.15, 0.2) is 0 Å². The Morgan fingerprint density at radius 1 is 1.14 bits per heavy atom. The first kappa shape index (κ1) is 26.5. The summed E-state index contributed by atoms with van der Waals surface area (Å²) in [5.41, 5.74) is 0. The van der Waals surface area contributed by atoms with Gasteiger partial charge in [-0.3, -0.25) is 0 Å². The molecule has 3 nitrogen and oxygen atoms in total. The van der Waals surface area contributed by atoms with E-state index in [1.54, 1.807) is 12.1 Å². The molecule has 1 N–H and O–H groups in total. The van der Waals surface area contributed by atoms with E-state index in [1.807, 2.05) is 0 Å². The molecule has 0 aliphatic carbocycles. The SMILES string of the molecule is CCCCC(C1CCCNC1)N1CCC(CCOc2ccc(F)cc2)CC1.Cl.Cl. The minimum absolute atomic E-state index is 0. The van der Waals surface area contributed by atoms with Crippen LogP contribution in [-0.2, 0) is 0 Å². The maximum absolute atomic E-state index is 12.9. The Bertz CT molecular complexity index is 532. The molecule has 6 heteroatoms. The van der Waals surface area contributed by atoms with Crippen molar-refractivity contribution in [3.8, 4) is 5.75 Å². The van der Waals surface area contributed by atoms with E-state index < -0.39 is 0 Å². The quantitative estimate of drug-likeness (QED) is 0.523. The van der Waals surface area contributed by atoms with E-state index in [4.69, 9.17) is 4.74 Å². The van der Waals surface area contributed by atoms with Crippen LogP contribution >= 0.6 is 24.8 Å². The summed E-state index contributed by atoms with van der Waals surface area (Å²) in [6.07, 6.45) is 10.4. The Balaban J connectivity index is 0.00000210. The Kier molecular flexibility index (Phi) is 13.2. The third kappa shape index (κ3) is 8.61. The van der Waals surface area contributed by atoms with Crippen LogP contribution in [0, 0.1) is 17.7 Å². The first-order valence-corrected chi connectivity index (χ1v) is 11.1. The van der Waals surface area contributed by atoms with Crippen molar-refractivity contribution >= 4 is 24.8 Å². The van der Waals surface area contributed by atoms with Crippen LogP contribution < -0.4 is 10.1 Å². The molecule has 29 heavy (non-hydrogen) atoms. The van der Waals surface area contributed by atoms with E-state index in [0.717, 1.165) is 36.7 Å². The summed E-state index contributed by atoms with van der Waals surface area (Å²) in [4.78, 5) is 2.80. The summed E-state index contributed by atoms with van der Waals surface area (Å²) in [5, 5.41) is 3.62. The number of hydrogen-bond donors (Lipinski definition) is 1. The molecule has 0 radical (unpaired) electrons. The maximum Gasteiger partial charge on any atom is 0.123 e. The lowest BCUT2D eigenvalue weighted by Crippen LogP contribution is -2.49. The molecule has 0 bridgehead atoms. The third-order valence-corrected chi connectivity index (χ3v) is 6.46. The summed E-state index contributed by atoms with van der Waals surface area (Å²) >= 11 is 0. The average molecular weight is 449 g/mol. The molecule has 2 saturated heterocycles. The van der Waals surface area contributed by atoms with Gasteiger partial charge in [-0.2, -0.15) is 0 Å². The second kappa shape index (κ2) is 14.5. The highest BCUT2D eigenvalue weighted by Crippen LogP contribution is 2.29. The van der Waals surface area contributed by atoms with Crippen LogP contribution in [0.4, 0.5) is 4.39 Å². The average Bonchev–Trinajstić information content (AvgIpc) is 2.72. The number of nitrogens with one attached hydrogen (secondary N) is 1. The number of rotatable bonds is 9. The highest BCUT2D eigenvalue weighted by atomic mass is 35.5. The van der Waals surface area contributed by atoms with Crippen LogP contribution in [0.1, 0.15) is 58.3 Å². The minimum Gasteiger partial charge on any atom is -0.494 e. The molecule has 168 valence electrons. The number of unbranched alkanes of at least 4 members (excludes halogenated alkanes) is 1. The van der Waals surface area contributed by atoms with Gasteiger partial charge in [0.25, 0.3) is 0 Å². The van der Waals surface area contributed by atoms with Crippen LogP contribution in [0.3, 0.4) is 0 Å². The standard InChI is InChI=1S/C23H37FN2O.2ClH/c1-2-3-6-23(20-5-4-14-25-18-20)26-15-11-19(12-16-26)13-17-27-22-9-7-21(24)8-10-22;;/h7-10,19-20,23,25H,2-6,11-18H2,1H3;2*1H. The molecule has 2 fully saturated rings. The maximum atomic E-state index is 12.9. The van der Waals surface area contributed by atoms with Crippen molar-refractivity contribution in [3.63, 3.8) is 0 Å². The zero-order valence-corrected chi connectivity index (χ0v) is 19.4. The molecule has 2 heterocycles. The summed E-state index contributed by atoms with van der Waals surface area (Å²) < 4.78 is 18.7. The van der Waals surface area contributed by atoms with Gasteiger partial charge in [-0.1, -0.05) is 19.8 Å². The van der Waals surface area contributed by atoms with Gasteiger partial charge in [-0.05, 0) is 101 Å². The number of nitrogens with zero attached hydrogens (tertiary/aromatic N) is 1. The molecule has 2 aliphatic rings. The van der Waals surface area contributed by atoms with Crippen molar-refractivity contribution in [2.24, 2.45) is 11.8 Å². The van der Waals surface area contributed by atoms with E-state index in [2.05, 4.69) is 17.1 Å². The fraction of sp³-hybridized carbons (Fsp3) is 0.739. The van der Waals surface area contributed by atoms with Gasteiger partial charge in [-0.25, -0.2) is 4.39 Å².